The van der Waals surface area contributed by atoms with Gasteiger partial charge in [0.15, 0.2) is 5.72 Å². The van der Waals surface area contributed by atoms with Gasteiger partial charge in [-0.3, -0.25) is 9.63 Å². The standard InChI is InChI=1S/C20H30N2O3.C3H6O2/c1-5-7-11-16(6-2)15-20(24-3)18(22(25-4)19(23)21-20)14-17-12-9-8-10-13-17;1-2-3(4)5/h8-10,12-14,16H,5-7,11,15H2,1-4H3,(H,21,23);2H2,1H3,(H,4,5). The molecule has 0 saturated carbocycles. The summed E-state index contributed by atoms with van der Waals surface area (Å²) in [6.45, 7) is 5.99. The summed E-state index contributed by atoms with van der Waals surface area (Å²) < 4.78 is 5.88. The lowest BCUT2D eigenvalue weighted by atomic mass is 9.88. The number of carbonyl (C=O) groups is 2. The van der Waals surface area contributed by atoms with E-state index >= 15 is 0 Å². The number of hydrogen-bond acceptors (Lipinski definition) is 4. The number of methoxy groups -OCH3 is 1. The molecule has 168 valence electrons. The van der Waals surface area contributed by atoms with Gasteiger partial charge >= 0.3 is 12.0 Å². The predicted octanol–water partition coefficient (Wildman–Crippen LogP) is 5.04. The number of carboxylic acids is 1. The number of rotatable bonds is 10. The molecule has 7 heteroatoms. The van der Waals surface area contributed by atoms with Gasteiger partial charge in [-0.1, -0.05) is 76.8 Å². The molecule has 1 saturated heterocycles. The van der Waals surface area contributed by atoms with Crippen LogP contribution in [0.5, 0.6) is 0 Å². The van der Waals surface area contributed by atoms with Gasteiger partial charge in [0.25, 0.3) is 0 Å². The first-order valence-corrected chi connectivity index (χ1v) is 10.6. The number of hydrogen-bond donors (Lipinski definition) is 2. The molecule has 0 spiro atoms. The molecule has 1 fully saturated rings. The van der Waals surface area contributed by atoms with Crippen molar-refractivity contribution < 1.29 is 24.3 Å². The second-order valence-electron chi connectivity index (χ2n) is 7.25. The fraction of sp³-hybridized carbons (Fsp3) is 0.565. The number of nitrogens with one attached hydrogen (secondary N) is 1. The number of carbonyl (C=O) groups excluding carboxylic acids is 1. The number of benzene rings is 1. The third-order valence-corrected chi connectivity index (χ3v) is 5.18. The van der Waals surface area contributed by atoms with Crippen LogP contribution in [0, 0.1) is 5.92 Å². The SMILES string of the molecule is CCC(=O)O.CCCCC(CC)CC1(OC)NC(=O)N(OC)C1=Cc1ccccc1. The zero-order valence-electron chi connectivity index (χ0n) is 18.8. The van der Waals surface area contributed by atoms with Crippen LogP contribution < -0.4 is 5.32 Å². The van der Waals surface area contributed by atoms with Gasteiger partial charge in [0.05, 0.1) is 7.11 Å². The fourth-order valence-electron chi connectivity index (χ4n) is 3.37. The maximum absolute atomic E-state index is 12.4. The molecule has 0 radical (unpaired) electrons. The number of carboxylic acid groups (broad SMARTS) is 1. The monoisotopic (exact) mass is 420 g/mol. The van der Waals surface area contributed by atoms with E-state index in [-0.39, 0.29) is 12.5 Å². The summed E-state index contributed by atoms with van der Waals surface area (Å²) >= 11 is 0. The Balaban J connectivity index is 0.000000804. The molecule has 2 amide bonds. The van der Waals surface area contributed by atoms with Crippen LogP contribution >= 0.6 is 0 Å². The molecule has 2 N–H and O–H groups in total. The summed E-state index contributed by atoms with van der Waals surface area (Å²) in [5.74, 6) is -0.277. The Kier molecular flexibility index (Phi) is 11.1. The van der Waals surface area contributed by atoms with Crippen molar-refractivity contribution in [2.24, 2.45) is 5.92 Å². The molecular weight excluding hydrogens is 384 g/mol. The molecule has 1 aliphatic rings. The Labute approximate surface area is 180 Å². The van der Waals surface area contributed by atoms with E-state index in [1.54, 1.807) is 14.0 Å². The van der Waals surface area contributed by atoms with Crippen molar-refractivity contribution in [1.29, 1.82) is 0 Å². The minimum Gasteiger partial charge on any atom is -0.481 e. The molecular formula is C23H36N2O5. The first-order chi connectivity index (χ1) is 14.4. The van der Waals surface area contributed by atoms with E-state index in [0.717, 1.165) is 24.8 Å². The van der Waals surface area contributed by atoms with Crippen molar-refractivity contribution in [2.45, 2.75) is 65.0 Å². The highest BCUT2D eigenvalue weighted by Crippen LogP contribution is 2.37. The lowest BCUT2D eigenvalue weighted by Gasteiger charge is -2.32. The highest BCUT2D eigenvalue weighted by atomic mass is 16.7. The van der Waals surface area contributed by atoms with Crippen molar-refractivity contribution >= 4 is 18.1 Å². The molecule has 7 nitrogen and oxygen atoms in total. The molecule has 1 aromatic rings. The van der Waals surface area contributed by atoms with Crippen LogP contribution in [0.2, 0.25) is 0 Å². The largest absolute Gasteiger partial charge is 0.481 e. The fourth-order valence-corrected chi connectivity index (χ4v) is 3.37. The average Bonchev–Trinajstić information content (AvgIpc) is 3.02. The Morgan fingerprint density at radius 2 is 1.87 bits per heavy atom. The minimum atomic E-state index is -0.864. The van der Waals surface area contributed by atoms with Gasteiger partial charge in [0.1, 0.15) is 5.70 Å². The Morgan fingerprint density at radius 3 is 2.33 bits per heavy atom. The van der Waals surface area contributed by atoms with Crippen LogP contribution in [0.1, 0.15) is 64.9 Å². The van der Waals surface area contributed by atoms with Crippen LogP contribution in [0.4, 0.5) is 4.79 Å². The van der Waals surface area contributed by atoms with Crippen LogP contribution in [0.25, 0.3) is 6.08 Å². The van der Waals surface area contributed by atoms with Crippen molar-refractivity contribution in [1.82, 2.24) is 10.4 Å². The summed E-state index contributed by atoms with van der Waals surface area (Å²) in [5.41, 5.74) is 0.833. The zero-order chi connectivity index (χ0) is 22.6. The maximum Gasteiger partial charge on any atom is 0.348 e. The lowest BCUT2D eigenvalue weighted by molar-refractivity contribution is -0.136. The maximum atomic E-state index is 12.4. The Hall–Kier alpha value is -2.38. The van der Waals surface area contributed by atoms with E-state index in [0.29, 0.717) is 11.6 Å². The summed E-state index contributed by atoms with van der Waals surface area (Å²) in [6.07, 6.45) is 7.42. The predicted molar refractivity (Wildman–Crippen MR) is 117 cm³/mol. The van der Waals surface area contributed by atoms with Gasteiger partial charge < -0.3 is 15.2 Å². The van der Waals surface area contributed by atoms with Crippen molar-refractivity contribution in [3.05, 3.63) is 41.6 Å². The molecule has 1 aromatic carbocycles. The van der Waals surface area contributed by atoms with Gasteiger partial charge in [0, 0.05) is 20.0 Å². The summed E-state index contributed by atoms with van der Waals surface area (Å²) in [4.78, 5) is 27.1. The second-order valence-corrected chi connectivity index (χ2v) is 7.25. The van der Waals surface area contributed by atoms with E-state index in [9.17, 15) is 9.59 Å². The third kappa shape index (κ3) is 7.15. The molecule has 0 aromatic heterocycles. The minimum absolute atomic E-state index is 0.222. The quantitative estimate of drug-likeness (QED) is 0.553. The molecule has 0 bridgehead atoms. The van der Waals surface area contributed by atoms with E-state index in [1.807, 2.05) is 36.4 Å². The van der Waals surface area contributed by atoms with Gasteiger partial charge in [-0.2, -0.15) is 5.06 Å². The number of unbranched alkanes of at least 4 members (excludes halogenated alkanes) is 1. The van der Waals surface area contributed by atoms with E-state index in [1.165, 1.54) is 25.0 Å². The molecule has 1 heterocycles. The number of amides is 2. The molecule has 1 aliphatic heterocycles. The Bertz CT molecular complexity index is 692. The second kappa shape index (κ2) is 13.0. The first-order valence-electron chi connectivity index (χ1n) is 10.6. The number of ether oxygens (including phenoxy) is 1. The molecule has 0 aliphatic carbocycles. The van der Waals surface area contributed by atoms with Crippen molar-refractivity contribution in [2.75, 3.05) is 14.2 Å². The number of nitrogens with zero attached hydrogens (tertiary/aromatic N) is 1. The van der Waals surface area contributed by atoms with Crippen LogP contribution in [0.15, 0.2) is 36.0 Å². The topological polar surface area (TPSA) is 88.1 Å². The highest BCUT2D eigenvalue weighted by Gasteiger charge is 2.49. The van der Waals surface area contributed by atoms with Gasteiger partial charge in [-0.25, -0.2) is 4.79 Å². The van der Waals surface area contributed by atoms with Crippen molar-refractivity contribution in [3.8, 4) is 0 Å². The third-order valence-electron chi connectivity index (χ3n) is 5.18. The van der Waals surface area contributed by atoms with E-state index in [2.05, 4.69) is 19.2 Å². The molecule has 30 heavy (non-hydrogen) atoms. The average molecular weight is 421 g/mol. The summed E-state index contributed by atoms with van der Waals surface area (Å²) in [7, 11) is 3.14. The van der Waals surface area contributed by atoms with E-state index < -0.39 is 11.7 Å². The lowest BCUT2D eigenvalue weighted by Crippen LogP contribution is -2.45. The van der Waals surface area contributed by atoms with Crippen LogP contribution in [-0.4, -0.2) is 42.1 Å². The highest BCUT2D eigenvalue weighted by molar-refractivity contribution is 5.82. The van der Waals surface area contributed by atoms with Crippen LogP contribution in [0.3, 0.4) is 0 Å². The number of aliphatic carboxylic acids is 1. The normalized spacial score (nSPS) is 20.5. The summed E-state index contributed by atoms with van der Waals surface area (Å²) in [5, 5.41) is 12.0. The van der Waals surface area contributed by atoms with Crippen molar-refractivity contribution in [3.63, 3.8) is 0 Å². The summed E-state index contributed by atoms with van der Waals surface area (Å²) in [6, 6.07) is 9.61. The van der Waals surface area contributed by atoms with Crippen LogP contribution in [-0.2, 0) is 14.4 Å². The molecule has 2 unspecified atom stereocenters. The first kappa shape index (κ1) is 25.7. The number of hydroxylamine groups is 2. The van der Waals surface area contributed by atoms with E-state index in [4.69, 9.17) is 14.7 Å². The van der Waals surface area contributed by atoms with Gasteiger partial charge in [-0.05, 0) is 17.6 Å². The number of urea groups is 1. The molecule has 2 atom stereocenters. The zero-order valence-corrected chi connectivity index (χ0v) is 18.8. The Morgan fingerprint density at radius 1 is 1.23 bits per heavy atom. The smallest absolute Gasteiger partial charge is 0.348 e. The van der Waals surface area contributed by atoms with Gasteiger partial charge in [-0.15, -0.1) is 0 Å². The van der Waals surface area contributed by atoms with Gasteiger partial charge in [0.2, 0.25) is 0 Å². The molecule has 2 rings (SSSR count).